The third kappa shape index (κ3) is 4.17. The first-order valence-electron chi connectivity index (χ1n) is 9.26. The normalized spacial score (nSPS) is 16.5. The molecule has 1 saturated heterocycles. The molecule has 3 aromatic rings. The number of carbonyl (C=O) groups excluding carboxylic acids is 1. The lowest BCUT2D eigenvalue weighted by molar-refractivity contribution is 0.122. The van der Waals surface area contributed by atoms with Crippen LogP contribution in [0.15, 0.2) is 42.0 Å². The minimum atomic E-state index is -0.451. The average molecular weight is 398 g/mol. The Hall–Kier alpha value is -2.87. The first-order chi connectivity index (χ1) is 13.6. The molecule has 1 aromatic carbocycles. The maximum atomic E-state index is 12.2. The highest BCUT2D eigenvalue weighted by Crippen LogP contribution is 2.30. The van der Waals surface area contributed by atoms with Crippen molar-refractivity contribution >= 4 is 39.2 Å². The Kier molecular flexibility index (Phi) is 5.29. The third-order valence-electron chi connectivity index (χ3n) is 4.42. The van der Waals surface area contributed by atoms with Gasteiger partial charge in [-0.25, -0.2) is 14.8 Å². The molecule has 0 bridgehead atoms. The van der Waals surface area contributed by atoms with Gasteiger partial charge in [-0.2, -0.15) is 0 Å². The Balaban J connectivity index is 1.33. The van der Waals surface area contributed by atoms with Crippen molar-refractivity contribution in [1.29, 1.82) is 0 Å². The van der Waals surface area contributed by atoms with Gasteiger partial charge >= 0.3 is 6.09 Å². The SMILES string of the molecule is CC(C)Oc1ccc(NC(=O)OC2CCN(c3ncnc4ccsc34)C2)cc1. The van der Waals surface area contributed by atoms with Gasteiger partial charge in [-0.3, -0.25) is 5.32 Å². The molecule has 7 nitrogen and oxygen atoms in total. The largest absolute Gasteiger partial charge is 0.491 e. The fraction of sp³-hybridized carbons (Fsp3) is 0.350. The maximum Gasteiger partial charge on any atom is 0.411 e. The third-order valence-corrected chi connectivity index (χ3v) is 5.31. The molecular weight excluding hydrogens is 376 g/mol. The van der Waals surface area contributed by atoms with Crippen molar-refractivity contribution in [3.63, 3.8) is 0 Å². The maximum absolute atomic E-state index is 12.2. The molecule has 0 saturated carbocycles. The highest BCUT2D eigenvalue weighted by Gasteiger charge is 2.28. The summed E-state index contributed by atoms with van der Waals surface area (Å²) in [7, 11) is 0. The quantitative estimate of drug-likeness (QED) is 0.690. The Labute approximate surface area is 167 Å². The molecule has 8 heteroatoms. The number of nitrogens with zero attached hydrogens (tertiary/aromatic N) is 3. The van der Waals surface area contributed by atoms with Crippen molar-refractivity contribution in [2.45, 2.75) is 32.5 Å². The first-order valence-corrected chi connectivity index (χ1v) is 10.1. The lowest BCUT2D eigenvalue weighted by atomic mass is 10.3. The fourth-order valence-electron chi connectivity index (χ4n) is 3.21. The first kappa shape index (κ1) is 18.5. The van der Waals surface area contributed by atoms with Crippen LogP contribution in [0.2, 0.25) is 0 Å². The van der Waals surface area contributed by atoms with Crippen molar-refractivity contribution in [1.82, 2.24) is 9.97 Å². The predicted octanol–water partition coefficient (Wildman–Crippen LogP) is 4.31. The lowest BCUT2D eigenvalue weighted by Crippen LogP contribution is -2.27. The van der Waals surface area contributed by atoms with Crippen molar-refractivity contribution < 1.29 is 14.3 Å². The number of fused-ring (bicyclic) bond motifs is 1. The molecule has 1 unspecified atom stereocenters. The van der Waals surface area contributed by atoms with Crippen LogP contribution in [0.25, 0.3) is 10.2 Å². The van der Waals surface area contributed by atoms with Gasteiger partial charge in [0.1, 0.15) is 24.0 Å². The molecule has 0 spiro atoms. The van der Waals surface area contributed by atoms with Crippen molar-refractivity contribution in [2.75, 3.05) is 23.3 Å². The summed E-state index contributed by atoms with van der Waals surface area (Å²) in [6.07, 6.45) is 1.84. The van der Waals surface area contributed by atoms with E-state index in [-0.39, 0.29) is 12.2 Å². The van der Waals surface area contributed by atoms with Gasteiger partial charge in [0.25, 0.3) is 0 Å². The van der Waals surface area contributed by atoms with Crippen LogP contribution in [0.3, 0.4) is 0 Å². The van der Waals surface area contributed by atoms with Crippen LogP contribution >= 0.6 is 11.3 Å². The smallest absolute Gasteiger partial charge is 0.411 e. The minimum absolute atomic E-state index is 0.111. The van der Waals surface area contributed by atoms with E-state index < -0.39 is 6.09 Å². The zero-order chi connectivity index (χ0) is 19.5. The molecular formula is C20H22N4O3S. The van der Waals surface area contributed by atoms with E-state index in [1.165, 1.54) is 0 Å². The molecule has 28 heavy (non-hydrogen) atoms. The molecule has 0 aliphatic carbocycles. The molecule has 4 rings (SSSR count). The topological polar surface area (TPSA) is 76.6 Å². The number of thiophene rings is 1. The highest BCUT2D eigenvalue weighted by molar-refractivity contribution is 7.17. The molecule has 1 fully saturated rings. The number of ether oxygens (including phenoxy) is 2. The molecule has 1 aliphatic rings. The monoisotopic (exact) mass is 398 g/mol. The van der Waals surface area contributed by atoms with Gasteiger partial charge in [0.2, 0.25) is 0 Å². The van der Waals surface area contributed by atoms with E-state index >= 15 is 0 Å². The summed E-state index contributed by atoms with van der Waals surface area (Å²) in [6, 6.07) is 9.24. The number of amides is 1. The highest BCUT2D eigenvalue weighted by atomic mass is 32.1. The summed E-state index contributed by atoms with van der Waals surface area (Å²) in [6.45, 7) is 5.36. The summed E-state index contributed by atoms with van der Waals surface area (Å²) in [5.41, 5.74) is 1.62. The summed E-state index contributed by atoms with van der Waals surface area (Å²) < 4.78 is 12.3. The van der Waals surface area contributed by atoms with Crippen LogP contribution in [-0.4, -0.2) is 41.4 Å². The number of hydrogen-bond acceptors (Lipinski definition) is 7. The molecule has 1 N–H and O–H groups in total. The molecule has 3 heterocycles. The molecule has 1 amide bonds. The lowest BCUT2D eigenvalue weighted by Gasteiger charge is -2.18. The number of aromatic nitrogens is 2. The van der Waals surface area contributed by atoms with E-state index in [0.717, 1.165) is 34.7 Å². The van der Waals surface area contributed by atoms with E-state index in [9.17, 15) is 4.79 Å². The molecule has 2 aromatic heterocycles. The number of benzene rings is 1. The Morgan fingerprint density at radius 1 is 1.25 bits per heavy atom. The van der Waals surface area contributed by atoms with Crippen LogP contribution in [0.4, 0.5) is 16.3 Å². The second-order valence-electron chi connectivity index (χ2n) is 6.91. The van der Waals surface area contributed by atoms with Gasteiger partial charge in [-0.05, 0) is 49.6 Å². The molecule has 146 valence electrons. The Morgan fingerprint density at radius 2 is 2.07 bits per heavy atom. The zero-order valence-electron chi connectivity index (χ0n) is 15.8. The fourth-order valence-corrected chi connectivity index (χ4v) is 4.07. The minimum Gasteiger partial charge on any atom is -0.491 e. The van der Waals surface area contributed by atoms with Crippen LogP contribution < -0.4 is 15.0 Å². The van der Waals surface area contributed by atoms with Crippen LogP contribution in [-0.2, 0) is 4.74 Å². The standard InChI is InChI=1S/C20H22N4O3S/c1-13(2)26-15-5-3-14(4-6-15)23-20(25)27-16-7-9-24(11-16)19-18-17(8-10-28-18)21-12-22-19/h3-6,8,10,12-13,16H,7,9,11H2,1-2H3,(H,23,25). The average Bonchev–Trinajstić information content (AvgIpc) is 3.32. The van der Waals surface area contributed by atoms with E-state index in [0.29, 0.717) is 12.2 Å². The van der Waals surface area contributed by atoms with Crippen LogP contribution in [0.1, 0.15) is 20.3 Å². The molecule has 0 radical (unpaired) electrons. The number of carbonyl (C=O) groups is 1. The van der Waals surface area contributed by atoms with Gasteiger partial charge in [0, 0.05) is 18.7 Å². The summed E-state index contributed by atoms with van der Waals surface area (Å²) in [5, 5.41) is 4.78. The summed E-state index contributed by atoms with van der Waals surface area (Å²) >= 11 is 1.63. The van der Waals surface area contributed by atoms with E-state index in [1.807, 2.05) is 37.4 Å². The van der Waals surface area contributed by atoms with Crippen molar-refractivity contribution in [3.8, 4) is 5.75 Å². The summed E-state index contributed by atoms with van der Waals surface area (Å²) in [4.78, 5) is 23.1. The zero-order valence-corrected chi connectivity index (χ0v) is 16.6. The van der Waals surface area contributed by atoms with Crippen LogP contribution in [0, 0.1) is 0 Å². The number of rotatable bonds is 5. The van der Waals surface area contributed by atoms with Gasteiger partial charge < -0.3 is 14.4 Å². The van der Waals surface area contributed by atoms with Gasteiger partial charge in [0.15, 0.2) is 0 Å². The van der Waals surface area contributed by atoms with E-state index in [1.54, 1.807) is 29.8 Å². The summed E-state index contributed by atoms with van der Waals surface area (Å²) in [5.74, 6) is 1.68. The van der Waals surface area contributed by atoms with Crippen molar-refractivity contribution in [2.24, 2.45) is 0 Å². The van der Waals surface area contributed by atoms with Crippen molar-refractivity contribution in [3.05, 3.63) is 42.0 Å². The van der Waals surface area contributed by atoms with E-state index in [4.69, 9.17) is 9.47 Å². The molecule has 1 atom stereocenters. The second kappa shape index (κ2) is 8.02. The number of hydrogen-bond donors (Lipinski definition) is 1. The van der Waals surface area contributed by atoms with Gasteiger partial charge in [0.05, 0.1) is 22.9 Å². The second-order valence-corrected chi connectivity index (χ2v) is 7.83. The Bertz CT molecular complexity index is 957. The number of anilines is 2. The van der Waals surface area contributed by atoms with Gasteiger partial charge in [-0.15, -0.1) is 11.3 Å². The number of nitrogens with one attached hydrogen (secondary N) is 1. The predicted molar refractivity (Wildman–Crippen MR) is 110 cm³/mol. The van der Waals surface area contributed by atoms with Crippen LogP contribution in [0.5, 0.6) is 5.75 Å². The molecule has 1 aliphatic heterocycles. The van der Waals surface area contributed by atoms with E-state index in [2.05, 4.69) is 20.2 Å². The Morgan fingerprint density at radius 3 is 2.86 bits per heavy atom. The van der Waals surface area contributed by atoms with Gasteiger partial charge in [-0.1, -0.05) is 0 Å².